The van der Waals surface area contributed by atoms with Crippen LogP contribution >= 0.6 is 11.6 Å². The molecule has 1 aromatic heterocycles. The van der Waals surface area contributed by atoms with Gasteiger partial charge in [0.15, 0.2) is 0 Å². The predicted octanol–water partition coefficient (Wildman–Crippen LogP) is 2.46. The minimum absolute atomic E-state index is 0.0907. The van der Waals surface area contributed by atoms with E-state index in [0.29, 0.717) is 5.69 Å². The first-order valence-corrected chi connectivity index (χ1v) is 4.02. The molecule has 0 spiro atoms. The molecule has 0 fully saturated rings. The molecule has 2 nitrogen and oxygen atoms in total. The SMILES string of the molecule is Fc1ccc(-n2cc[c]n2)cc1Cl. The van der Waals surface area contributed by atoms with Gasteiger partial charge < -0.3 is 0 Å². The molecular formula is C9H5ClFN2. The summed E-state index contributed by atoms with van der Waals surface area (Å²) in [5.41, 5.74) is 0.715. The molecule has 0 bridgehead atoms. The topological polar surface area (TPSA) is 17.8 Å². The van der Waals surface area contributed by atoms with Gasteiger partial charge in [0.1, 0.15) is 12.0 Å². The lowest BCUT2D eigenvalue weighted by atomic mass is 10.3. The van der Waals surface area contributed by atoms with Crippen molar-refractivity contribution in [2.45, 2.75) is 0 Å². The van der Waals surface area contributed by atoms with Crippen molar-refractivity contribution in [2.75, 3.05) is 0 Å². The highest BCUT2D eigenvalue weighted by atomic mass is 35.5. The highest BCUT2D eigenvalue weighted by molar-refractivity contribution is 6.30. The summed E-state index contributed by atoms with van der Waals surface area (Å²) in [6.45, 7) is 0. The summed E-state index contributed by atoms with van der Waals surface area (Å²) in [4.78, 5) is 0. The molecular weight excluding hydrogens is 191 g/mol. The van der Waals surface area contributed by atoms with Crippen molar-refractivity contribution in [2.24, 2.45) is 0 Å². The quantitative estimate of drug-likeness (QED) is 0.684. The highest BCUT2D eigenvalue weighted by Crippen LogP contribution is 2.17. The maximum absolute atomic E-state index is 12.8. The van der Waals surface area contributed by atoms with E-state index in [0.717, 1.165) is 0 Å². The number of aromatic nitrogens is 2. The Hall–Kier alpha value is -1.35. The lowest BCUT2D eigenvalue weighted by Crippen LogP contribution is -1.94. The zero-order valence-corrected chi connectivity index (χ0v) is 7.29. The first-order valence-electron chi connectivity index (χ1n) is 3.64. The Morgan fingerprint density at radius 2 is 2.31 bits per heavy atom. The smallest absolute Gasteiger partial charge is 0.141 e. The molecule has 0 saturated heterocycles. The van der Waals surface area contributed by atoms with Crippen molar-refractivity contribution in [3.8, 4) is 5.69 Å². The molecule has 13 heavy (non-hydrogen) atoms. The molecule has 2 aromatic rings. The Kier molecular flexibility index (Phi) is 2.02. The normalized spacial score (nSPS) is 10.3. The lowest BCUT2D eigenvalue weighted by Gasteiger charge is -2.01. The third kappa shape index (κ3) is 1.55. The summed E-state index contributed by atoms with van der Waals surface area (Å²) in [6.07, 6.45) is 4.35. The van der Waals surface area contributed by atoms with Crippen LogP contribution in [0.3, 0.4) is 0 Å². The van der Waals surface area contributed by atoms with Crippen LogP contribution in [0.2, 0.25) is 5.02 Å². The molecule has 4 heteroatoms. The number of nitrogens with zero attached hydrogens (tertiary/aromatic N) is 2. The number of halogens is 2. The number of benzene rings is 1. The summed E-state index contributed by atoms with van der Waals surface area (Å²) in [5, 5.41) is 3.96. The fourth-order valence-corrected chi connectivity index (χ4v) is 1.18. The van der Waals surface area contributed by atoms with E-state index >= 15 is 0 Å². The molecule has 0 atom stereocenters. The molecule has 1 heterocycles. The van der Waals surface area contributed by atoms with Crippen LogP contribution < -0.4 is 0 Å². The maximum Gasteiger partial charge on any atom is 0.141 e. The Bertz CT molecular complexity index is 412. The van der Waals surface area contributed by atoms with E-state index < -0.39 is 5.82 Å². The fourth-order valence-electron chi connectivity index (χ4n) is 1.00. The second-order valence-corrected chi connectivity index (χ2v) is 2.90. The molecule has 0 unspecified atom stereocenters. The van der Waals surface area contributed by atoms with Crippen molar-refractivity contribution < 1.29 is 4.39 Å². The molecule has 0 amide bonds. The van der Waals surface area contributed by atoms with Crippen molar-refractivity contribution in [1.29, 1.82) is 0 Å². The van der Waals surface area contributed by atoms with Crippen molar-refractivity contribution >= 4 is 11.6 Å². The molecule has 0 N–H and O–H groups in total. The third-order valence-electron chi connectivity index (χ3n) is 1.62. The van der Waals surface area contributed by atoms with Crippen LogP contribution in [0.4, 0.5) is 4.39 Å². The lowest BCUT2D eigenvalue weighted by molar-refractivity contribution is 0.627. The van der Waals surface area contributed by atoms with Crippen LogP contribution in [-0.2, 0) is 0 Å². The predicted molar refractivity (Wildman–Crippen MR) is 47.4 cm³/mol. The third-order valence-corrected chi connectivity index (χ3v) is 1.91. The number of rotatable bonds is 1. The minimum Gasteiger partial charge on any atom is -0.240 e. The van der Waals surface area contributed by atoms with Crippen LogP contribution in [0.1, 0.15) is 0 Å². The van der Waals surface area contributed by atoms with E-state index in [1.165, 1.54) is 12.1 Å². The molecule has 0 aliphatic rings. The van der Waals surface area contributed by atoms with Gasteiger partial charge in [0.05, 0.1) is 10.7 Å². The number of hydrogen-bond donors (Lipinski definition) is 0. The molecule has 1 radical (unpaired) electrons. The van der Waals surface area contributed by atoms with Crippen LogP contribution in [-0.4, -0.2) is 9.78 Å². The van der Waals surface area contributed by atoms with E-state index in [1.54, 1.807) is 23.0 Å². The van der Waals surface area contributed by atoms with Crippen LogP contribution in [0.15, 0.2) is 30.5 Å². The van der Waals surface area contributed by atoms with E-state index in [9.17, 15) is 4.39 Å². The Morgan fingerprint density at radius 1 is 1.46 bits per heavy atom. The van der Waals surface area contributed by atoms with Crippen LogP contribution in [0, 0.1) is 12.0 Å². The average Bonchev–Trinajstić information content (AvgIpc) is 2.62. The first kappa shape index (κ1) is 8.26. The largest absolute Gasteiger partial charge is 0.240 e. The van der Waals surface area contributed by atoms with Gasteiger partial charge in [0, 0.05) is 6.20 Å². The average molecular weight is 196 g/mol. The van der Waals surface area contributed by atoms with Crippen LogP contribution in [0.5, 0.6) is 0 Å². The molecule has 1 aromatic carbocycles. The van der Waals surface area contributed by atoms with Gasteiger partial charge in [-0.2, -0.15) is 5.10 Å². The Labute approximate surface area is 79.6 Å². The van der Waals surface area contributed by atoms with Gasteiger partial charge in [-0.1, -0.05) is 11.6 Å². The Morgan fingerprint density at radius 3 is 2.92 bits per heavy atom. The summed E-state index contributed by atoms with van der Waals surface area (Å²) in [5.74, 6) is -0.429. The molecule has 2 rings (SSSR count). The van der Waals surface area contributed by atoms with Crippen molar-refractivity contribution in [1.82, 2.24) is 9.78 Å². The molecule has 0 aliphatic carbocycles. The minimum atomic E-state index is -0.429. The van der Waals surface area contributed by atoms with E-state index in [1.807, 2.05) is 0 Å². The number of hydrogen-bond acceptors (Lipinski definition) is 1. The molecule has 0 aliphatic heterocycles. The molecule has 0 saturated carbocycles. The fraction of sp³-hybridized carbons (Fsp3) is 0. The van der Waals surface area contributed by atoms with Crippen LogP contribution in [0.25, 0.3) is 5.69 Å². The zero-order valence-electron chi connectivity index (χ0n) is 6.54. The van der Waals surface area contributed by atoms with Gasteiger partial charge >= 0.3 is 0 Å². The second-order valence-electron chi connectivity index (χ2n) is 2.49. The van der Waals surface area contributed by atoms with Crippen molar-refractivity contribution in [3.63, 3.8) is 0 Å². The van der Waals surface area contributed by atoms with E-state index in [-0.39, 0.29) is 5.02 Å². The van der Waals surface area contributed by atoms with Gasteiger partial charge in [0.2, 0.25) is 0 Å². The summed E-state index contributed by atoms with van der Waals surface area (Å²) in [7, 11) is 0. The summed E-state index contributed by atoms with van der Waals surface area (Å²) in [6, 6.07) is 6.08. The highest BCUT2D eigenvalue weighted by Gasteiger charge is 2.01. The van der Waals surface area contributed by atoms with Gasteiger partial charge in [-0.3, -0.25) is 0 Å². The Balaban J connectivity index is 2.49. The van der Waals surface area contributed by atoms with Gasteiger partial charge in [-0.05, 0) is 24.3 Å². The van der Waals surface area contributed by atoms with Gasteiger partial charge in [-0.15, -0.1) is 0 Å². The molecule has 65 valence electrons. The summed E-state index contributed by atoms with van der Waals surface area (Å²) >= 11 is 5.60. The summed E-state index contributed by atoms with van der Waals surface area (Å²) < 4.78 is 14.3. The maximum atomic E-state index is 12.8. The van der Waals surface area contributed by atoms with Crippen molar-refractivity contribution in [3.05, 3.63) is 47.5 Å². The van der Waals surface area contributed by atoms with Gasteiger partial charge in [0.25, 0.3) is 0 Å². The van der Waals surface area contributed by atoms with E-state index in [2.05, 4.69) is 11.3 Å². The zero-order chi connectivity index (χ0) is 9.26. The standard InChI is InChI=1S/C9H5ClFN2/c10-8-6-7(2-3-9(8)11)13-5-1-4-12-13/h1-3,5-6H. The van der Waals surface area contributed by atoms with E-state index in [4.69, 9.17) is 11.6 Å². The second kappa shape index (κ2) is 3.18. The van der Waals surface area contributed by atoms with Gasteiger partial charge in [-0.25, -0.2) is 9.07 Å². The monoisotopic (exact) mass is 195 g/mol. The first-order chi connectivity index (χ1) is 6.27.